The predicted octanol–water partition coefficient (Wildman–Crippen LogP) is 6.69. The van der Waals surface area contributed by atoms with Gasteiger partial charge in [-0.25, -0.2) is 21.6 Å². The second-order valence-corrected chi connectivity index (χ2v) is 17.4. The van der Waals surface area contributed by atoms with E-state index in [1.54, 1.807) is 23.9 Å². The van der Waals surface area contributed by atoms with Gasteiger partial charge in [-0.15, -0.1) is 11.8 Å². The van der Waals surface area contributed by atoms with E-state index in [4.69, 9.17) is 11.6 Å². The average molecular weight is 793 g/mol. The highest BCUT2D eigenvalue weighted by molar-refractivity contribution is 7.99. The second kappa shape index (κ2) is 18.6. The number of carbonyl (C=O) groups is 1. The number of hydrogen-bond donors (Lipinski definition) is 5. The minimum absolute atomic E-state index is 0.112. The van der Waals surface area contributed by atoms with E-state index in [0.29, 0.717) is 36.8 Å². The van der Waals surface area contributed by atoms with Gasteiger partial charge in [0.05, 0.1) is 15.5 Å². The van der Waals surface area contributed by atoms with Crippen molar-refractivity contribution in [2.45, 2.75) is 33.7 Å². The molecule has 1 atom stereocenters. The lowest BCUT2D eigenvalue weighted by molar-refractivity contribution is 0.0981. The number of rotatable bonds is 18. The number of aliphatic hydroxyl groups is 1. The van der Waals surface area contributed by atoms with Crippen molar-refractivity contribution in [3.63, 3.8) is 0 Å². The van der Waals surface area contributed by atoms with Crippen LogP contribution in [-0.2, 0) is 26.4 Å². The first-order chi connectivity index (χ1) is 25.4. The van der Waals surface area contributed by atoms with E-state index in [9.17, 15) is 26.7 Å². The lowest BCUT2D eigenvalue weighted by atomic mass is 10.00. The molecular weight excluding hydrogens is 752 g/mol. The van der Waals surface area contributed by atoms with Crippen molar-refractivity contribution >= 4 is 60.5 Å². The van der Waals surface area contributed by atoms with Gasteiger partial charge < -0.3 is 21.1 Å². The Labute approximate surface area is 320 Å². The number of benzene rings is 5. The van der Waals surface area contributed by atoms with E-state index in [2.05, 4.69) is 28.1 Å². The SMILES string of the molecule is CS(=O)(=O)c1cc(S(=O)(=O)NC(=O)c2ccc(NCCNCc3ccccc3-c3ccc(Cl)cc3)cc2)ccc1N[C@H](CCO)CSc1ccccc1. The van der Waals surface area contributed by atoms with Crippen LogP contribution in [-0.4, -0.2) is 65.6 Å². The number of sulfone groups is 1. The van der Waals surface area contributed by atoms with Crippen molar-refractivity contribution in [3.05, 3.63) is 137 Å². The van der Waals surface area contributed by atoms with Crippen LogP contribution in [0.15, 0.2) is 136 Å². The third kappa shape index (κ3) is 11.6. The summed E-state index contributed by atoms with van der Waals surface area (Å²) in [4.78, 5) is 13.4. The molecule has 0 fully saturated rings. The summed E-state index contributed by atoms with van der Waals surface area (Å²) >= 11 is 7.60. The molecule has 0 aliphatic rings. The van der Waals surface area contributed by atoms with Crippen molar-refractivity contribution in [1.82, 2.24) is 10.0 Å². The molecule has 0 bridgehead atoms. The minimum Gasteiger partial charge on any atom is -0.396 e. The van der Waals surface area contributed by atoms with Crippen LogP contribution in [0.2, 0.25) is 5.02 Å². The molecule has 0 radical (unpaired) electrons. The molecule has 0 heterocycles. The van der Waals surface area contributed by atoms with Crippen LogP contribution in [0.4, 0.5) is 11.4 Å². The zero-order valence-electron chi connectivity index (χ0n) is 29.0. The maximum absolute atomic E-state index is 13.3. The van der Waals surface area contributed by atoms with E-state index in [1.807, 2.05) is 71.5 Å². The second-order valence-electron chi connectivity index (χ2n) is 12.2. The third-order valence-corrected chi connectivity index (χ3v) is 12.1. The highest BCUT2D eigenvalue weighted by Crippen LogP contribution is 2.29. The number of sulfonamides is 1. The van der Waals surface area contributed by atoms with Gasteiger partial charge in [0.15, 0.2) is 9.84 Å². The standard InChI is InChI=1S/C39H41ClN4O6S3/c1-52(47,48)38-25-35(19-20-37(38)43-33(21-24-45)27-51-34-8-3-2-4-9-34)53(49,50)44-39(46)29-13-17-32(18-14-29)42-23-22-41-26-30-7-5-6-10-36(30)28-11-15-31(40)16-12-28/h2-20,25,33,41-43,45H,21-24,26-27H2,1H3,(H,44,46)/t33-/m1/s1. The maximum atomic E-state index is 13.3. The van der Waals surface area contributed by atoms with Crippen molar-refractivity contribution in [2.24, 2.45) is 0 Å². The summed E-state index contributed by atoms with van der Waals surface area (Å²) in [6.07, 6.45) is 1.32. The van der Waals surface area contributed by atoms with E-state index in [1.165, 1.54) is 24.3 Å². The van der Waals surface area contributed by atoms with Crippen LogP contribution in [0.3, 0.4) is 0 Å². The summed E-state index contributed by atoms with van der Waals surface area (Å²) in [5.41, 5.74) is 4.42. The van der Waals surface area contributed by atoms with E-state index >= 15 is 0 Å². The van der Waals surface area contributed by atoms with E-state index in [0.717, 1.165) is 39.6 Å². The summed E-state index contributed by atoms with van der Waals surface area (Å²) in [7, 11) is -8.33. The molecule has 0 aliphatic heterocycles. The Kier molecular flexibility index (Phi) is 14.0. The molecule has 53 heavy (non-hydrogen) atoms. The normalized spacial score (nSPS) is 12.2. The fourth-order valence-corrected chi connectivity index (χ4v) is 8.53. The average Bonchev–Trinajstić information content (AvgIpc) is 3.14. The highest BCUT2D eigenvalue weighted by atomic mass is 35.5. The number of nitrogens with one attached hydrogen (secondary N) is 4. The van der Waals surface area contributed by atoms with Gasteiger partial charge in [0, 0.05) is 65.5 Å². The van der Waals surface area contributed by atoms with Crippen molar-refractivity contribution in [2.75, 3.05) is 42.3 Å². The van der Waals surface area contributed by atoms with Crippen LogP contribution in [0, 0.1) is 0 Å². The molecule has 5 rings (SSSR count). The topological polar surface area (TPSA) is 154 Å². The van der Waals surface area contributed by atoms with E-state index in [-0.39, 0.29) is 33.7 Å². The lowest BCUT2D eigenvalue weighted by Gasteiger charge is -2.21. The number of hydrogen-bond acceptors (Lipinski definition) is 10. The molecule has 0 aromatic heterocycles. The molecular formula is C39H41ClN4O6S3. The van der Waals surface area contributed by atoms with Crippen LogP contribution in [0.5, 0.6) is 0 Å². The van der Waals surface area contributed by atoms with Crippen LogP contribution in [0.25, 0.3) is 11.1 Å². The number of aliphatic hydroxyl groups excluding tert-OH is 1. The van der Waals surface area contributed by atoms with Gasteiger partial charge in [0.25, 0.3) is 15.9 Å². The molecule has 0 saturated carbocycles. The van der Waals surface area contributed by atoms with Gasteiger partial charge in [0.1, 0.15) is 0 Å². The minimum atomic E-state index is -4.43. The summed E-state index contributed by atoms with van der Waals surface area (Å²) in [6, 6.07) is 35.2. The fourth-order valence-electron chi connectivity index (χ4n) is 5.47. The van der Waals surface area contributed by atoms with Crippen molar-refractivity contribution < 1.29 is 26.7 Å². The molecule has 1 amide bonds. The number of anilines is 2. The predicted molar refractivity (Wildman–Crippen MR) is 214 cm³/mol. The number of carbonyl (C=O) groups excluding carboxylic acids is 1. The molecule has 5 N–H and O–H groups in total. The Balaban J connectivity index is 1.16. The lowest BCUT2D eigenvalue weighted by Crippen LogP contribution is -2.31. The summed E-state index contributed by atoms with van der Waals surface area (Å²) in [5.74, 6) is -0.336. The Morgan fingerprint density at radius 2 is 1.53 bits per heavy atom. The first-order valence-electron chi connectivity index (χ1n) is 16.8. The summed E-state index contributed by atoms with van der Waals surface area (Å²) < 4.78 is 54.2. The molecule has 0 spiro atoms. The molecule has 5 aromatic rings. The first kappa shape index (κ1) is 39.8. The first-order valence-corrected chi connectivity index (χ1v) is 21.5. The number of halogens is 1. The zero-order chi connectivity index (χ0) is 37.8. The highest BCUT2D eigenvalue weighted by Gasteiger charge is 2.24. The van der Waals surface area contributed by atoms with Gasteiger partial charge >= 0.3 is 0 Å². The molecule has 0 saturated heterocycles. The smallest absolute Gasteiger partial charge is 0.264 e. The van der Waals surface area contributed by atoms with Crippen LogP contribution in [0.1, 0.15) is 22.3 Å². The fraction of sp³-hybridized carbons (Fsp3) is 0.205. The Morgan fingerprint density at radius 1 is 0.830 bits per heavy atom. The number of thioether (sulfide) groups is 1. The van der Waals surface area contributed by atoms with Crippen molar-refractivity contribution in [3.8, 4) is 11.1 Å². The molecule has 14 heteroatoms. The third-order valence-electron chi connectivity index (χ3n) is 8.19. The molecule has 0 unspecified atom stereocenters. The van der Waals surface area contributed by atoms with Crippen LogP contribution < -0.4 is 20.7 Å². The molecule has 278 valence electrons. The Bertz CT molecular complexity index is 2200. The van der Waals surface area contributed by atoms with E-state index < -0.39 is 25.8 Å². The molecule has 0 aliphatic carbocycles. The maximum Gasteiger partial charge on any atom is 0.264 e. The van der Waals surface area contributed by atoms with Crippen molar-refractivity contribution in [1.29, 1.82) is 0 Å². The van der Waals surface area contributed by atoms with Gasteiger partial charge in [-0.1, -0.05) is 66.2 Å². The Morgan fingerprint density at radius 3 is 2.23 bits per heavy atom. The summed E-state index contributed by atoms with van der Waals surface area (Å²) in [6.45, 7) is 1.80. The van der Waals surface area contributed by atoms with Crippen LogP contribution >= 0.6 is 23.4 Å². The van der Waals surface area contributed by atoms with Gasteiger partial charge in [0.2, 0.25) is 0 Å². The monoisotopic (exact) mass is 792 g/mol. The zero-order valence-corrected chi connectivity index (χ0v) is 32.2. The van der Waals surface area contributed by atoms with Gasteiger partial charge in [-0.05, 0) is 89.8 Å². The molecule has 10 nitrogen and oxygen atoms in total. The molecule has 5 aromatic carbocycles. The number of amides is 1. The van der Waals surface area contributed by atoms with Gasteiger partial charge in [-0.3, -0.25) is 4.79 Å². The largest absolute Gasteiger partial charge is 0.396 e. The quantitative estimate of drug-likeness (QED) is 0.0480. The van der Waals surface area contributed by atoms with Gasteiger partial charge in [-0.2, -0.15) is 0 Å². The Hall–Kier alpha value is -4.37. The summed E-state index contributed by atoms with van der Waals surface area (Å²) in [5, 5.41) is 20.2.